The fourth-order valence-electron chi connectivity index (χ4n) is 2.47. The zero-order valence-electron chi connectivity index (χ0n) is 14.8. The molecule has 138 valence electrons. The zero-order chi connectivity index (χ0) is 19.4. The van der Waals surface area contributed by atoms with Gasteiger partial charge in [-0.1, -0.05) is 49.0 Å². The first kappa shape index (κ1) is 18.8. The fourth-order valence-corrected chi connectivity index (χ4v) is 3.23. The van der Waals surface area contributed by atoms with Gasteiger partial charge < -0.3 is 4.42 Å². The largest absolute Gasteiger partial charge is 0.411 e. The minimum Gasteiger partial charge on any atom is -0.411 e. The van der Waals surface area contributed by atoms with Gasteiger partial charge in [0.15, 0.2) is 5.78 Å². The van der Waals surface area contributed by atoms with Crippen LogP contribution < -0.4 is 0 Å². The number of thioether (sulfide) groups is 1. The number of Topliss-reactive ketones (excluding diaryl/α,β-unsaturated/α-hetero) is 1. The van der Waals surface area contributed by atoms with Crippen molar-refractivity contribution in [3.8, 4) is 11.5 Å². The van der Waals surface area contributed by atoms with Gasteiger partial charge in [0.1, 0.15) is 0 Å². The predicted octanol–water partition coefficient (Wildman–Crippen LogP) is 4.57. The standard InChI is InChI=1S/C19H17N3O4S/c1-3-13-7-9-14(10-8-13)17(23)12(2)27-19-21-20-18(26-19)15-5-4-6-16(11-15)22(24)25/h4-12H,3H2,1-2H3/t12-/m0/s1. The molecule has 3 rings (SSSR count). The molecule has 0 aliphatic rings. The molecule has 0 aliphatic carbocycles. The number of nitrogens with zero attached hydrogens (tertiary/aromatic N) is 3. The summed E-state index contributed by atoms with van der Waals surface area (Å²) in [4.78, 5) is 23.0. The Labute approximate surface area is 160 Å². The Morgan fingerprint density at radius 1 is 1.22 bits per heavy atom. The van der Waals surface area contributed by atoms with Gasteiger partial charge >= 0.3 is 0 Å². The summed E-state index contributed by atoms with van der Waals surface area (Å²) in [6, 6.07) is 13.5. The summed E-state index contributed by atoms with van der Waals surface area (Å²) in [5, 5.41) is 18.6. The second-order valence-electron chi connectivity index (χ2n) is 5.86. The lowest BCUT2D eigenvalue weighted by molar-refractivity contribution is -0.384. The SMILES string of the molecule is CCc1ccc(C(=O)[C@H](C)Sc2nnc(-c3cccc([N+](=O)[O-])c3)o2)cc1. The predicted molar refractivity (Wildman–Crippen MR) is 102 cm³/mol. The van der Waals surface area contributed by atoms with Crippen molar-refractivity contribution >= 4 is 23.2 Å². The Balaban J connectivity index is 1.72. The van der Waals surface area contributed by atoms with Gasteiger partial charge in [-0.25, -0.2) is 0 Å². The van der Waals surface area contributed by atoms with E-state index in [0.717, 1.165) is 18.2 Å². The first-order chi connectivity index (χ1) is 13.0. The molecule has 0 fully saturated rings. The molecule has 0 aliphatic heterocycles. The van der Waals surface area contributed by atoms with Crippen LogP contribution in [0.15, 0.2) is 58.2 Å². The minimum atomic E-state index is -0.486. The van der Waals surface area contributed by atoms with Crippen LogP contribution in [0.3, 0.4) is 0 Å². The molecule has 0 amide bonds. The number of non-ortho nitro benzene ring substituents is 1. The average molecular weight is 383 g/mol. The lowest BCUT2D eigenvalue weighted by Crippen LogP contribution is -2.13. The quantitative estimate of drug-likeness (QED) is 0.255. The van der Waals surface area contributed by atoms with E-state index in [-0.39, 0.29) is 22.6 Å². The Hall–Kier alpha value is -3.00. The highest BCUT2D eigenvalue weighted by molar-refractivity contribution is 8.00. The number of carbonyl (C=O) groups excluding carboxylic acids is 1. The number of aromatic nitrogens is 2. The second kappa shape index (κ2) is 8.13. The van der Waals surface area contributed by atoms with Crippen LogP contribution in [0, 0.1) is 10.1 Å². The van der Waals surface area contributed by atoms with Gasteiger partial charge in [0, 0.05) is 23.3 Å². The number of hydrogen-bond donors (Lipinski definition) is 0. The Morgan fingerprint density at radius 2 is 1.96 bits per heavy atom. The van der Waals surface area contributed by atoms with Gasteiger partial charge in [0.05, 0.1) is 10.2 Å². The molecular weight excluding hydrogens is 366 g/mol. The zero-order valence-corrected chi connectivity index (χ0v) is 15.6. The fraction of sp³-hybridized carbons (Fsp3) is 0.211. The van der Waals surface area contributed by atoms with E-state index in [2.05, 4.69) is 17.1 Å². The Bertz CT molecular complexity index is 969. The van der Waals surface area contributed by atoms with Crippen LogP contribution in [-0.2, 0) is 6.42 Å². The van der Waals surface area contributed by atoms with Crippen molar-refractivity contribution in [1.82, 2.24) is 10.2 Å². The van der Waals surface area contributed by atoms with E-state index >= 15 is 0 Å². The summed E-state index contributed by atoms with van der Waals surface area (Å²) in [5.41, 5.74) is 2.20. The topological polar surface area (TPSA) is 99.1 Å². The number of nitro groups is 1. The number of ketones is 1. The first-order valence-electron chi connectivity index (χ1n) is 8.36. The van der Waals surface area contributed by atoms with Crippen molar-refractivity contribution in [2.24, 2.45) is 0 Å². The van der Waals surface area contributed by atoms with Crippen molar-refractivity contribution in [1.29, 1.82) is 0 Å². The highest BCUT2D eigenvalue weighted by atomic mass is 32.2. The summed E-state index contributed by atoms with van der Waals surface area (Å²) in [7, 11) is 0. The van der Waals surface area contributed by atoms with E-state index in [1.54, 1.807) is 19.1 Å². The third-order valence-corrected chi connectivity index (χ3v) is 4.94. The lowest BCUT2D eigenvalue weighted by atomic mass is 10.1. The lowest BCUT2D eigenvalue weighted by Gasteiger charge is -2.08. The van der Waals surface area contributed by atoms with Gasteiger partial charge in [0.2, 0.25) is 5.89 Å². The average Bonchev–Trinajstić information content (AvgIpc) is 3.16. The van der Waals surface area contributed by atoms with E-state index < -0.39 is 10.2 Å². The third kappa shape index (κ3) is 4.40. The number of rotatable bonds is 7. The summed E-state index contributed by atoms with van der Waals surface area (Å²) < 4.78 is 5.56. The maximum absolute atomic E-state index is 12.6. The molecule has 3 aromatic rings. The summed E-state index contributed by atoms with van der Waals surface area (Å²) in [5.74, 6) is 0.144. The summed E-state index contributed by atoms with van der Waals surface area (Å²) in [6.07, 6.45) is 0.918. The summed E-state index contributed by atoms with van der Waals surface area (Å²) >= 11 is 1.16. The molecule has 1 heterocycles. The van der Waals surface area contributed by atoms with Crippen LogP contribution >= 0.6 is 11.8 Å². The van der Waals surface area contributed by atoms with Crippen molar-refractivity contribution < 1.29 is 14.1 Å². The number of aryl methyl sites for hydroxylation is 1. The molecule has 27 heavy (non-hydrogen) atoms. The van der Waals surface area contributed by atoms with Crippen LogP contribution in [0.1, 0.15) is 29.8 Å². The molecular formula is C19H17N3O4S. The van der Waals surface area contributed by atoms with E-state index in [9.17, 15) is 14.9 Å². The molecule has 0 radical (unpaired) electrons. The van der Waals surface area contributed by atoms with Gasteiger partial charge in [-0.05, 0) is 25.0 Å². The minimum absolute atomic E-state index is 0.0299. The molecule has 8 heteroatoms. The van der Waals surface area contributed by atoms with Crippen molar-refractivity contribution in [2.75, 3.05) is 0 Å². The molecule has 0 N–H and O–H groups in total. The monoisotopic (exact) mass is 383 g/mol. The van der Waals surface area contributed by atoms with Crippen LogP contribution in [0.4, 0.5) is 5.69 Å². The molecule has 7 nitrogen and oxygen atoms in total. The maximum Gasteiger partial charge on any atom is 0.277 e. The molecule has 0 spiro atoms. The van der Waals surface area contributed by atoms with Crippen molar-refractivity contribution in [3.63, 3.8) is 0 Å². The molecule has 0 unspecified atom stereocenters. The molecule has 0 saturated carbocycles. The number of benzene rings is 2. The Kier molecular flexibility index (Phi) is 5.66. The van der Waals surface area contributed by atoms with Crippen LogP contribution in [0.5, 0.6) is 0 Å². The molecule has 0 saturated heterocycles. The molecule has 2 aromatic carbocycles. The van der Waals surface area contributed by atoms with E-state index in [1.807, 2.05) is 24.3 Å². The molecule has 1 aromatic heterocycles. The molecule has 0 bridgehead atoms. The van der Waals surface area contributed by atoms with Gasteiger partial charge in [-0.2, -0.15) is 0 Å². The molecule has 1 atom stereocenters. The third-order valence-electron chi connectivity index (χ3n) is 4.00. The van der Waals surface area contributed by atoms with E-state index in [1.165, 1.54) is 17.7 Å². The smallest absolute Gasteiger partial charge is 0.277 e. The van der Waals surface area contributed by atoms with Crippen LogP contribution in [0.2, 0.25) is 0 Å². The first-order valence-corrected chi connectivity index (χ1v) is 9.24. The Morgan fingerprint density at radius 3 is 2.63 bits per heavy atom. The maximum atomic E-state index is 12.6. The van der Waals surface area contributed by atoms with Gasteiger partial charge in [-0.3, -0.25) is 14.9 Å². The highest BCUT2D eigenvalue weighted by Gasteiger charge is 2.20. The second-order valence-corrected chi connectivity index (χ2v) is 7.15. The number of nitro benzene ring substituents is 1. The van der Waals surface area contributed by atoms with Gasteiger partial charge in [-0.15, -0.1) is 10.2 Å². The van der Waals surface area contributed by atoms with Crippen LogP contribution in [-0.4, -0.2) is 26.2 Å². The van der Waals surface area contributed by atoms with Crippen molar-refractivity contribution in [3.05, 3.63) is 69.8 Å². The number of hydrogen-bond acceptors (Lipinski definition) is 7. The van der Waals surface area contributed by atoms with Gasteiger partial charge in [0.25, 0.3) is 10.9 Å². The highest BCUT2D eigenvalue weighted by Crippen LogP contribution is 2.29. The summed E-state index contributed by atoms with van der Waals surface area (Å²) in [6.45, 7) is 3.84. The van der Waals surface area contributed by atoms with Crippen molar-refractivity contribution in [2.45, 2.75) is 30.7 Å². The van der Waals surface area contributed by atoms with Crippen LogP contribution in [0.25, 0.3) is 11.5 Å². The normalized spacial score (nSPS) is 11.9. The van der Waals surface area contributed by atoms with E-state index in [4.69, 9.17) is 4.42 Å². The van der Waals surface area contributed by atoms with E-state index in [0.29, 0.717) is 11.1 Å². The number of carbonyl (C=O) groups is 1.